The Kier molecular flexibility index (Phi) is 4.64. The van der Waals surface area contributed by atoms with E-state index < -0.39 is 0 Å². The number of nitrogens with zero attached hydrogens (tertiary/aromatic N) is 1. The standard InChI is InChI=1S/C19H23NO/c21-17(11-10-15-6-2-1-3-7-15)14-16-12-13-20-19-9-5-4-8-18(16)19/h4-5,8-9,12-13,15H,1-3,6-7,10-11,14H2. The van der Waals surface area contributed by atoms with E-state index in [-0.39, 0.29) is 0 Å². The molecule has 1 heterocycles. The molecule has 0 unspecified atom stereocenters. The first kappa shape index (κ1) is 14.2. The minimum absolute atomic E-state index is 0.372. The fraction of sp³-hybridized carbons (Fsp3) is 0.474. The summed E-state index contributed by atoms with van der Waals surface area (Å²) in [7, 11) is 0. The van der Waals surface area contributed by atoms with Gasteiger partial charge in [-0.25, -0.2) is 0 Å². The zero-order valence-corrected chi connectivity index (χ0v) is 12.6. The molecule has 1 aliphatic rings. The van der Waals surface area contributed by atoms with Crippen LogP contribution in [0.3, 0.4) is 0 Å². The van der Waals surface area contributed by atoms with Crippen LogP contribution in [-0.4, -0.2) is 10.8 Å². The third-order valence-electron chi connectivity index (χ3n) is 4.68. The molecule has 0 N–H and O–H groups in total. The molecule has 0 aliphatic heterocycles. The van der Waals surface area contributed by atoms with Gasteiger partial charge in [-0.05, 0) is 30.0 Å². The highest BCUT2D eigenvalue weighted by atomic mass is 16.1. The molecule has 1 saturated carbocycles. The Hall–Kier alpha value is -1.70. The maximum Gasteiger partial charge on any atom is 0.137 e. The van der Waals surface area contributed by atoms with Crippen molar-refractivity contribution < 1.29 is 4.79 Å². The molecule has 0 bridgehead atoms. The van der Waals surface area contributed by atoms with Crippen LogP contribution in [0, 0.1) is 5.92 Å². The second kappa shape index (κ2) is 6.84. The summed E-state index contributed by atoms with van der Waals surface area (Å²) < 4.78 is 0. The van der Waals surface area contributed by atoms with Crippen LogP contribution < -0.4 is 0 Å². The number of Topliss-reactive ketones (excluding diaryl/α,β-unsaturated/α-hetero) is 1. The largest absolute Gasteiger partial charge is 0.299 e. The number of ketones is 1. The maximum atomic E-state index is 12.3. The Labute approximate surface area is 126 Å². The first-order valence-electron chi connectivity index (χ1n) is 8.17. The van der Waals surface area contributed by atoms with Crippen LogP contribution in [-0.2, 0) is 11.2 Å². The van der Waals surface area contributed by atoms with Gasteiger partial charge < -0.3 is 0 Å². The third kappa shape index (κ3) is 3.69. The predicted molar refractivity (Wildman–Crippen MR) is 86.3 cm³/mol. The van der Waals surface area contributed by atoms with Gasteiger partial charge in [-0.15, -0.1) is 0 Å². The highest BCUT2D eigenvalue weighted by molar-refractivity contribution is 5.88. The summed E-state index contributed by atoms with van der Waals surface area (Å²) in [6, 6.07) is 10.1. The molecule has 1 aromatic carbocycles. The average Bonchev–Trinajstić information content (AvgIpc) is 2.54. The number of rotatable bonds is 5. The molecule has 0 radical (unpaired) electrons. The van der Waals surface area contributed by atoms with Crippen LogP contribution in [0.25, 0.3) is 10.9 Å². The quantitative estimate of drug-likeness (QED) is 0.794. The van der Waals surface area contributed by atoms with E-state index in [4.69, 9.17) is 0 Å². The summed E-state index contributed by atoms with van der Waals surface area (Å²) in [4.78, 5) is 16.6. The van der Waals surface area contributed by atoms with Crippen molar-refractivity contribution in [2.45, 2.75) is 51.4 Å². The summed E-state index contributed by atoms with van der Waals surface area (Å²) in [6.45, 7) is 0. The van der Waals surface area contributed by atoms with Crippen molar-refractivity contribution in [1.29, 1.82) is 0 Å². The maximum absolute atomic E-state index is 12.3. The van der Waals surface area contributed by atoms with Gasteiger partial charge in [0.2, 0.25) is 0 Å². The fourth-order valence-electron chi connectivity index (χ4n) is 3.45. The van der Waals surface area contributed by atoms with E-state index in [1.165, 1.54) is 32.1 Å². The number of aromatic nitrogens is 1. The minimum atomic E-state index is 0.372. The second-order valence-corrected chi connectivity index (χ2v) is 6.25. The third-order valence-corrected chi connectivity index (χ3v) is 4.68. The molecule has 2 nitrogen and oxygen atoms in total. The van der Waals surface area contributed by atoms with Gasteiger partial charge in [0.05, 0.1) is 5.52 Å². The van der Waals surface area contributed by atoms with Crippen molar-refractivity contribution in [3.8, 4) is 0 Å². The van der Waals surface area contributed by atoms with E-state index >= 15 is 0 Å². The SMILES string of the molecule is O=C(CCC1CCCCC1)Cc1ccnc2ccccc12. The molecule has 2 aromatic rings. The first-order valence-corrected chi connectivity index (χ1v) is 8.17. The highest BCUT2D eigenvalue weighted by Gasteiger charge is 2.15. The summed E-state index contributed by atoms with van der Waals surface area (Å²) in [6.07, 6.45) is 10.9. The van der Waals surface area contributed by atoms with E-state index in [1.54, 1.807) is 0 Å². The number of pyridine rings is 1. The number of hydrogen-bond acceptors (Lipinski definition) is 2. The van der Waals surface area contributed by atoms with Gasteiger partial charge in [0.25, 0.3) is 0 Å². The van der Waals surface area contributed by atoms with Crippen molar-refractivity contribution in [2.24, 2.45) is 5.92 Å². The van der Waals surface area contributed by atoms with E-state index in [0.29, 0.717) is 12.2 Å². The lowest BCUT2D eigenvalue weighted by molar-refractivity contribution is -0.118. The van der Waals surface area contributed by atoms with Gasteiger partial charge in [-0.3, -0.25) is 9.78 Å². The lowest BCUT2D eigenvalue weighted by atomic mass is 9.85. The van der Waals surface area contributed by atoms with Crippen molar-refractivity contribution in [1.82, 2.24) is 4.98 Å². The van der Waals surface area contributed by atoms with Crippen LogP contribution in [0.15, 0.2) is 36.5 Å². The van der Waals surface area contributed by atoms with Crippen LogP contribution in [0.4, 0.5) is 0 Å². The zero-order valence-electron chi connectivity index (χ0n) is 12.6. The molecule has 1 aliphatic carbocycles. The molecule has 0 amide bonds. The molecule has 0 atom stereocenters. The number of para-hydroxylation sites is 1. The zero-order chi connectivity index (χ0) is 14.5. The summed E-state index contributed by atoms with van der Waals surface area (Å²) in [5.41, 5.74) is 2.10. The number of carbonyl (C=O) groups is 1. The van der Waals surface area contributed by atoms with Crippen LogP contribution in [0.5, 0.6) is 0 Å². The van der Waals surface area contributed by atoms with E-state index in [9.17, 15) is 4.79 Å². The molecule has 0 spiro atoms. The average molecular weight is 281 g/mol. The molecule has 1 aromatic heterocycles. The molecule has 110 valence electrons. The Morgan fingerprint density at radius 1 is 1.10 bits per heavy atom. The van der Waals surface area contributed by atoms with Crippen molar-refractivity contribution in [3.05, 3.63) is 42.1 Å². The molecule has 2 heteroatoms. The smallest absolute Gasteiger partial charge is 0.137 e. The van der Waals surface area contributed by atoms with Gasteiger partial charge in [0.1, 0.15) is 5.78 Å². The molecule has 1 fully saturated rings. The lowest BCUT2D eigenvalue weighted by Crippen LogP contribution is -2.10. The molecular formula is C19H23NO. The second-order valence-electron chi connectivity index (χ2n) is 6.25. The van der Waals surface area contributed by atoms with Crippen LogP contribution >= 0.6 is 0 Å². The van der Waals surface area contributed by atoms with E-state index in [0.717, 1.165) is 35.2 Å². The van der Waals surface area contributed by atoms with Crippen molar-refractivity contribution in [2.75, 3.05) is 0 Å². The van der Waals surface area contributed by atoms with Gasteiger partial charge in [-0.1, -0.05) is 50.3 Å². The Balaban J connectivity index is 1.61. The lowest BCUT2D eigenvalue weighted by Gasteiger charge is -2.20. The minimum Gasteiger partial charge on any atom is -0.299 e. The number of fused-ring (bicyclic) bond motifs is 1. The summed E-state index contributed by atoms with van der Waals surface area (Å²) >= 11 is 0. The number of carbonyl (C=O) groups excluding carboxylic acids is 1. The van der Waals surface area contributed by atoms with Gasteiger partial charge in [0, 0.05) is 24.4 Å². The topological polar surface area (TPSA) is 30.0 Å². The Morgan fingerprint density at radius 3 is 2.76 bits per heavy atom. The van der Waals surface area contributed by atoms with Gasteiger partial charge in [0.15, 0.2) is 0 Å². The predicted octanol–water partition coefficient (Wildman–Crippen LogP) is 4.71. The first-order chi connectivity index (χ1) is 10.3. The molecule has 21 heavy (non-hydrogen) atoms. The molecule has 3 rings (SSSR count). The highest BCUT2D eigenvalue weighted by Crippen LogP contribution is 2.27. The van der Waals surface area contributed by atoms with Crippen molar-refractivity contribution in [3.63, 3.8) is 0 Å². The number of hydrogen-bond donors (Lipinski definition) is 0. The van der Waals surface area contributed by atoms with Crippen molar-refractivity contribution >= 4 is 16.7 Å². The van der Waals surface area contributed by atoms with Crippen LogP contribution in [0.1, 0.15) is 50.5 Å². The Morgan fingerprint density at radius 2 is 1.90 bits per heavy atom. The normalized spacial score (nSPS) is 16.2. The van der Waals surface area contributed by atoms with E-state index in [1.807, 2.05) is 30.5 Å². The van der Waals surface area contributed by atoms with Gasteiger partial charge >= 0.3 is 0 Å². The summed E-state index contributed by atoms with van der Waals surface area (Å²) in [5, 5.41) is 1.12. The summed E-state index contributed by atoms with van der Waals surface area (Å²) in [5.74, 6) is 1.16. The molecule has 0 saturated heterocycles. The van der Waals surface area contributed by atoms with Gasteiger partial charge in [-0.2, -0.15) is 0 Å². The van der Waals surface area contributed by atoms with Crippen LogP contribution in [0.2, 0.25) is 0 Å². The molecular weight excluding hydrogens is 258 g/mol. The fourth-order valence-corrected chi connectivity index (χ4v) is 3.45. The monoisotopic (exact) mass is 281 g/mol. The van der Waals surface area contributed by atoms with E-state index in [2.05, 4.69) is 11.1 Å². The Bertz CT molecular complexity index is 608. The number of benzene rings is 1.